The zero-order valence-corrected chi connectivity index (χ0v) is 19.1. The number of aromatic nitrogens is 4. The lowest BCUT2D eigenvalue weighted by atomic mass is 10.1. The molecule has 1 N–H and O–H groups in total. The highest BCUT2D eigenvalue weighted by molar-refractivity contribution is 7.98. The van der Waals surface area contributed by atoms with Crippen molar-refractivity contribution in [1.29, 1.82) is 0 Å². The second kappa shape index (κ2) is 8.80. The molecule has 0 amide bonds. The fourth-order valence-electron chi connectivity index (χ4n) is 4.35. The van der Waals surface area contributed by atoms with Crippen molar-refractivity contribution in [2.75, 3.05) is 0 Å². The van der Waals surface area contributed by atoms with Crippen molar-refractivity contribution in [3.63, 3.8) is 0 Å². The third kappa shape index (κ3) is 3.76. The molecule has 4 nitrogen and oxygen atoms in total. The highest BCUT2D eigenvalue weighted by Gasteiger charge is 2.17. The molecular formula is C28H21FN4S. The van der Waals surface area contributed by atoms with Gasteiger partial charge in [-0.25, -0.2) is 4.39 Å². The van der Waals surface area contributed by atoms with Crippen LogP contribution in [0, 0.1) is 5.82 Å². The number of hydrogen-bond acceptors (Lipinski definition) is 3. The maximum Gasteiger partial charge on any atom is 0.196 e. The summed E-state index contributed by atoms with van der Waals surface area (Å²) in [4.78, 5) is 3.58. The minimum atomic E-state index is -0.202. The van der Waals surface area contributed by atoms with Gasteiger partial charge in [0.25, 0.3) is 0 Å². The summed E-state index contributed by atoms with van der Waals surface area (Å²) in [6, 6.07) is 31.7. The molecule has 166 valence electrons. The van der Waals surface area contributed by atoms with Crippen LogP contribution < -0.4 is 0 Å². The summed E-state index contributed by atoms with van der Waals surface area (Å²) in [5.41, 5.74) is 5.04. The second-order valence-electron chi connectivity index (χ2n) is 8.14. The zero-order valence-electron chi connectivity index (χ0n) is 18.3. The minimum Gasteiger partial charge on any atom is -0.354 e. The topological polar surface area (TPSA) is 46.5 Å². The molecule has 0 bridgehead atoms. The molecule has 0 unspecified atom stereocenters. The van der Waals surface area contributed by atoms with Crippen LogP contribution in [0.5, 0.6) is 0 Å². The van der Waals surface area contributed by atoms with Crippen LogP contribution in [0.1, 0.15) is 17.0 Å². The summed E-state index contributed by atoms with van der Waals surface area (Å²) in [6.45, 7) is 0. The van der Waals surface area contributed by atoms with Gasteiger partial charge in [0.05, 0.1) is 5.52 Å². The molecule has 2 aromatic heterocycles. The monoisotopic (exact) mass is 464 g/mol. The first-order valence-electron chi connectivity index (χ1n) is 11.1. The molecular weight excluding hydrogens is 443 g/mol. The normalized spacial score (nSPS) is 11.4. The molecule has 0 fully saturated rings. The van der Waals surface area contributed by atoms with Crippen molar-refractivity contribution < 1.29 is 4.39 Å². The van der Waals surface area contributed by atoms with Gasteiger partial charge < -0.3 is 4.98 Å². The number of H-pyrrole nitrogens is 1. The van der Waals surface area contributed by atoms with Gasteiger partial charge in [0.2, 0.25) is 0 Å². The summed E-state index contributed by atoms with van der Waals surface area (Å²) in [5, 5.41) is 12.2. The van der Waals surface area contributed by atoms with Crippen LogP contribution in [0.25, 0.3) is 27.5 Å². The molecule has 4 aromatic carbocycles. The standard InChI is InChI=1S/C28H21FN4S/c29-24-15-6-4-9-20(24)18-34-28-32-31-26(33(28)21-11-2-1-3-12-21)17-19-10-8-14-23-22-13-5-7-16-25(22)30-27(19)23/h1-16,30H,17-18H2. The zero-order chi connectivity index (χ0) is 22.9. The van der Waals surface area contributed by atoms with Crippen molar-refractivity contribution in [1.82, 2.24) is 19.7 Å². The Morgan fingerprint density at radius 3 is 2.35 bits per heavy atom. The van der Waals surface area contributed by atoms with Crippen molar-refractivity contribution in [3.8, 4) is 5.69 Å². The number of para-hydroxylation sites is 3. The Bertz CT molecular complexity index is 1600. The number of hydrogen-bond donors (Lipinski definition) is 1. The fourth-order valence-corrected chi connectivity index (χ4v) is 5.31. The van der Waals surface area contributed by atoms with Crippen LogP contribution in [0.2, 0.25) is 0 Å². The van der Waals surface area contributed by atoms with E-state index in [9.17, 15) is 4.39 Å². The van der Waals surface area contributed by atoms with Gasteiger partial charge in [0, 0.05) is 34.2 Å². The highest BCUT2D eigenvalue weighted by Crippen LogP contribution is 2.31. The number of benzene rings is 4. The van der Waals surface area contributed by atoms with Crippen LogP contribution in [0.3, 0.4) is 0 Å². The molecule has 6 rings (SSSR count). The fraction of sp³-hybridized carbons (Fsp3) is 0.0714. The Balaban J connectivity index is 1.40. The molecule has 6 aromatic rings. The lowest BCUT2D eigenvalue weighted by Crippen LogP contribution is -2.04. The van der Waals surface area contributed by atoms with E-state index in [0.29, 0.717) is 17.7 Å². The number of fused-ring (bicyclic) bond motifs is 3. The summed E-state index contributed by atoms with van der Waals surface area (Å²) >= 11 is 1.49. The maximum atomic E-state index is 14.2. The van der Waals surface area contributed by atoms with Crippen LogP contribution in [0.4, 0.5) is 4.39 Å². The van der Waals surface area contributed by atoms with E-state index in [2.05, 4.69) is 56.1 Å². The Morgan fingerprint density at radius 1 is 0.735 bits per heavy atom. The Hall–Kier alpha value is -3.90. The first kappa shape index (κ1) is 20.7. The van der Waals surface area contributed by atoms with E-state index in [1.54, 1.807) is 6.07 Å². The molecule has 0 radical (unpaired) electrons. The Kier molecular flexibility index (Phi) is 5.35. The molecule has 0 saturated heterocycles. The van der Waals surface area contributed by atoms with Crippen molar-refractivity contribution in [3.05, 3.63) is 120 Å². The van der Waals surface area contributed by atoms with Gasteiger partial charge in [-0.2, -0.15) is 0 Å². The van der Waals surface area contributed by atoms with E-state index in [0.717, 1.165) is 33.3 Å². The van der Waals surface area contributed by atoms with E-state index in [1.165, 1.54) is 28.6 Å². The van der Waals surface area contributed by atoms with E-state index in [-0.39, 0.29) is 5.82 Å². The molecule has 34 heavy (non-hydrogen) atoms. The van der Waals surface area contributed by atoms with Gasteiger partial charge in [0.15, 0.2) is 5.16 Å². The lowest BCUT2D eigenvalue weighted by Gasteiger charge is -2.11. The maximum absolute atomic E-state index is 14.2. The second-order valence-corrected chi connectivity index (χ2v) is 9.08. The molecule has 0 saturated carbocycles. The number of rotatable bonds is 6. The average Bonchev–Trinajstić information content (AvgIpc) is 3.46. The van der Waals surface area contributed by atoms with Crippen molar-refractivity contribution in [2.24, 2.45) is 0 Å². The third-order valence-electron chi connectivity index (χ3n) is 6.01. The minimum absolute atomic E-state index is 0.202. The molecule has 2 heterocycles. The summed E-state index contributed by atoms with van der Waals surface area (Å²) in [6.07, 6.45) is 0.617. The number of nitrogens with zero attached hydrogens (tertiary/aromatic N) is 3. The Morgan fingerprint density at radius 2 is 1.47 bits per heavy atom. The quantitative estimate of drug-likeness (QED) is 0.272. The van der Waals surface area contributed by atoms with E-state index < -0.39 is 0 Å². The molecule has 0 aliphatic rings. The lowest BCUT2D eigenvalue weighted by molar-refractivity contribution is 0.617. The van der Waals surface area contributed by atoms with Crippen LogP contribution in [-0.2, 0) is 12.2 Å². The summed E-state index contributed by atoms with van der Waals surface area (Å²) < 4.78 is 16.3. The highest BCUT2D eigenvalue weighted by atomic mass is 32.2. The SMILES string of the molecule is Fc1ccccc1CSc1nnc(Cc2cccc3c2[nH]c2ccccc23)n1-c1ccccc1. The van der Waals surface area contributed by atoms with Gasteiger partial charge >= 0.3 is 0 Å². The number of halogens is 1. The van der Waals surface area contributed by atoms with E-state index >= 15 is 0 Å². The number of nitrogens with one attached hydrogen (secondary N) is 1. The van der Waals surface area contributed by atoms with Crippen LogP contribution in [0.15, 0.2) is 102 Å². The average molecular weight is 465 g/mol. The number of aromatic amines is 1. The first-order chi connectivity index (χ1) is 16.8. The summed E-state index contributed by atoms with van der Waals surface area (Å²) in [7, 11) is 0. The smallest absolute Gasteiger partial charge is 0.196 e. The molecule has 6 heteroatoms. The van der Waals surface area contributed by atoms with Gasteiger partial charge in [-0.15, -0.1) is 10.2 Å². The van der Waals surface area contributed by atoms with Gasteiger partial charge in [-0.1, -0.05) is 84.6 Å². The molecule has 0 atom stereocenters. The predicted molar refractivity (Wildman–Crippen MR) is 136 cm³/mol. The summed E-state index contributed by atoms with van der Waals surface area (Å²) in [5.74, 6) is 1.12. The van der Waals surface area contributed by atoms with Crippen molar-refractivity contribution >= 4 is 33.6 Å². The van der Waals surface area contributed by atoms with E-state index in [1.807, 2.05) is 48.5 Å². The number of thioether (sulfide) groups is 1. The molecule has 0 aliphatic carbocycles. The van der Waals surface area contributed by atoms with Gasteiger partial charge in [-0.3, -0.25) is 4.57 Å². The largest absolute Gasteiger partial charge is 0.354 e. The molecule has 0 spiro atoms. The first-order valence-corrected chi connectivity index (χ1v) is 12.1. The van der Waals surface area contributed by atoms with Crippen LogP contribution >= 0.6 is 11.8 Å². The predicted octanol–water partition coefficient (Wildman–Crippen LogP) is 6.92. The van der Waals surface area contributed by atoms with Gasteiger partial charge in [-0.05, 0) is 35.4 Å². The van der Waals surface area contributed by atoms with Crippen LogP contribution in [-0.4, -0.2) is 19.7 Å². The molecule has 0 aliphatic heterocycles. The van der Waals surface area contributed by atoms with Crippen molar-refractivity contribution in [2.45, 2.75) is 17.3 Å². The Labute approximate surface area is 200 Å². The van der Waals surface area contributed by atoms with Gasteiger partial charge in [0.1, 0.15) is 11.6 Å². The van der Waals surface area contributed by atoms with E-state index in [4.69, 9.17) is 0 Å². The third-order valence-corrected chi connectivity index (χ3v) is 6.98.